The lowest BCUT2D eigenvalue weighted by Crippen LogP contribution is -2.15. The Balaban J connectivity index is 1.90. The van der Waals surface area contributed by atoms with E-state index < -0.39 is 5.91 Å². The minimum Gasteiger partial charge on any atom is -0.382 e. The molecule has 0 saturated carbocycles. The number of para-hydroxylation sites is 1. The quantitative estimate of drug-likeness (QED) is 0.774. The Morgan fingerprint density at radius 2 is 2.00 bits per heavy atom. The van der Waals surface area contributed by atoms with Crippen LogP contribution in [0.15, 0.2) is 48.5 Å². The van der Waals surface area contributed by atoms with E-state index in [4.69, 9.17) is 17.3 Å². The second-order valence-electron chi connectivity index (χ2n) is 5.01. The number of nitrogens with zero attached hydrogens (tertiary/aromatic N) is 3. The molecule has 116 valence electrons. The number of nitrogens with two attached hydrogens (primary N) is 1. The molecule has 0 aliphatic carbocycles. The van der Waals surface area contributed by atoms with Crippen LogP contribution in [0.3, 0.4) is 0 Å². The van der Waals surface area contributed by atoms with Crippen molar-refractivity contribution in [2.45, 2.75) is 6.92 Å². The Bertz CT molecular complexity index is 874. The molecule has 0 saturated heterocycles. The van der Waals surface area contributed by atoms with Gasteiger partial charge in [-0.25, -0.2) is 0 Å². The predicted octanol–water partition coefficient (Wildman–Crippen LogP) is 3.06. The van der Waals surface area contributed by atoms with E-state index >= 15 is 0 Å². The summed E-state index contributed by atoms with van der Waals surface area (Å²) < 4.78 is 1.43. The maximum Gasteiger partial charge on any atom is 0.280 e. The minimum atomic E-state index is -0.463. The van der Waals surface area contributed by atoms with Crippen molar-refractivity contribution in [3.05, 3.63) is 64.8 Å². The van der Waals surface area contributed by atoms with Gasteiger partial charge >= 0.3 is 0 Å². The highest BCUT2D eigenvalue weighted by Gasteiger charge is 2.19. The van der Waals surface area contributed by atoms with Crippen molar-refractivity contribution in [3.63, 3.8) is 0 Å². The molecule has 0 atom stereocenters. The molecular weight excluding hydrogens is 314 g/mol. The van der Waals surface area contributed by atoms with Crippen molar-refractivity contribution in [3.8, 4) is 5.69 Å². The third-order valence-electron chi connectivity index (χ3n) is 3.29. The number of benzene rings is 2. The van der Waals surface area contributed by atoms with Crippen LogP contribution in [0.5, 0.6) is 0 Å². The Kier molecular flexibility index (Phi) is 3.99. The number of amides is 1. The highest BCUT2D eigenvalue weighted by atomic mass is 35.5. The molecule has 0 unspecified atom stereocenters. The summed E-state index contributed by atoms with van der Waals surface area (Å²) in [6.45, 7) is 1.96. The first-order valence-corrected chi connectivity index (χ1v) is 7.28. The van der Waals surface area contributed by atoms with E-state index in [1.807, 2.05) is 31.2 Å². The molecule has 0 spiro atoms. The van der Waals surface area contributed by atoms with Crippen molar-refractivity contribution < 1.29 is 4.79 Å². The molecule has 1 aromatic heterocycles. The van der Waals surface area contributed by atoms with E-state index in [0.29, 0.717) is 10.7 Å². The molecule has 1 amide bonds. The van der Waals surface area contributed by atoms with Gasteiger partial charge < -0.3 is 11.1 Å². The average molecular weight is 328 g/mol. The maximum absolute atomic E-state index is 12.3. The molecular formula is C16H14ClN5O. The molecule has 6 nitrogen and oxygen atoms in total. The number of carbonyl (C=O) groups excluding carboxylic acids is 1. The van der Waals surface area contributed by atoms with Crippen molar-refractivity contribution in [2.75, 3.05) is 11.1 Å². The number of nitrogens with one attached hydrogen (secondary N) is 1. The van der Waals surface area contributed by atoms with E-state index in [1.165, 1.54) is 4.68 Å². The van der Waals surface area contributed by atoms with Gasteiger partial charge in [-0.15, -0.1) is 5.10 Å². The van der Waals surface area contributed by atoms with E-state index in [0.717, 1.165) is 11.3 Å². The zero-order valence-electron chi connectivity index (χ0n) is 12.3. The van der Waals surface area contributed by atoms with Gasteiger partial charge in [0.05, 0.1) is 16.4 Å². The molecule has 0 fully saturated rings. The number of hydrogen-bond donors (Lipinski definition) is 2. The second kappa shape index (κ2) is 6.10. The predicted molar refractivity (Wildman–Crippen MR) is 89.9 cm³/mol. The molecule has 1 heterocycles. The van der Waals surface area contributed by atoms with Gasteiger partial charge in [-0.2, -0.15) is 4.68 Å². The van der Waals surface area contributed by atoms with E-state index in [1.54, 1.807) is 24.3 Å². The highest BCUT2D eigenvalue weighted by molar-refractivity contribution is 6.33. The fourth-order valence-electron chi connectivity index (χ4n) is 2.15. The molecule has 7 heteroatoms. The summed E-state index contributed by atoms with van der Waals surface area (Å²) in [7, 11) is 0. The van der Waals surface area contributed by atoms with Gasteiger partial charge in [0.1, 0.15) is 0 Å². The summed E-state index contributed by atoms with van der Waals surface area (Å²) in [5.74, 6) is -0.297. The van der Waals surface area contributed by atoms with E-state index in [2.05, 4.69) is 15.6 Å². The second-order valence-corrected chi connectivity index (χ2v) is 5.42. The molecule has 0 aliphatic rings. The van der Waals surface area contributed by atoms with Crippen LogP contribution in [-0.2, 0) is 0 Å². The lowest BCUT2D eigenvalue weighted by molar-refractivity contribution is 0.102. The van der Waals surface area contributed by atoms with Crippen LogP contribution in [-0.4, -0.2) is 20.9 Å². The highest BCUT2D eigenvalue weighted by Crippen LogP contribution is 2.22. The third kappa shape index (κ3) is 3.02. The van der Waals surface area contributed by atoms with Crippen LogP contribution in [0.4, 0.5) is 11.5 Å². The Labute approximate surface area is 137 Å². The van der Waals surface area contributed by atoms with Crippen LogP contribution in [0.1, 0.15) is 16.1 Å². The van der Waals surface area contributed by atoms with Crippen LogP contribution < -0.4 is 11.1 Å². The number of halogens is 1. The zero-order chi connectivity index (χ0) is 16.4. The summed E-state index contributed by atoms with van der Waals surface area (Å²) in [5, 5.41) is 11.0. The van der Waals surface area contributed by atoms with E-state index in [9.17, 15) is 4.79 Å². The fraction of sp³-hybridized carbons (Fsp3) is 0.0625. The van der Waals surface area contributed by atoms with Gasteiger partial charge in [0, 0.05) is 0 Å². The Morgan fingerprint density at radius 1 is 1.22 bits per heavy atom. The van der Waals surface area contributed by atoms with Gasteiger partial charge in [-0.05, 0) is 36.8 Å². The molecule has 0 radical (unpaired) electrons. The summed E-state index contributed by atoms with van der Waals surface area (Å²) >= 11 is 6.03. The molecule has 2 aromatic carbocycles. The van der Waals surface area contributed by atoms with Crippen LogP contribution in [0.25, 0.3) is 5.69 Å². The normalized spacial score (nSPS) is 10.5. The van der Waals surface area contributed by atoms with Crippen molar-refractivity contribution in [2.24, 2.45) is 0 Å². The van der Waals surface area contributed by atoms with Gasteiger partial charge in [0.15, 0.2) is 11.5 Å². The molecule has 3 rings (SSSR count). The lowest BCUT2D eigenvalue weighted by Gasteiger charge is -2.06. The van der Waals surface area contributed by atoms with Gasteiger partial charge in [0.25, 0.3) is 5.91 Å². The summed E-state index contributed by atoms with van der Waals surface area (Å²) in [4.78, 5) is 12.3. The summed E-state index contributed by atoms with van der Waals surface area (Å²) in [6, 6.07) is 14.5. The number of carbonyl (C=O) groups is 1. The number of nitrogen functional groups attached to an aromatic ring is 1. The SMILES string of the molecule is Cc1cccc(-n2nnc(C(=O)Nc3ccccc3Cl)c2N)c1. The van der Waals surface area contributed by atoms with Gasteiger partial charge in [0.2, 0.25) is 0 Å². The standard InChI is InChI=1S/C16H14ClN5O/c1-10-5-4-6-11(9-10)22-15(18)14(20-21-22)16(23)19-13-8-3-2-7-12(13)17/h2-9H,18H2,1H3,(H,19,23). The number of hydrogen-bond acceptors (Lipinski definition) is 4. The first kappa shape index (κ1) is 15.1. The number of aromatic nitrogens is 3. The molecule has 23 heavy (non-hydrogen) atoms. The zero-order valence-corrected chi connectivity index (χ0v) is 13.1. The molecule has 3 aromatic rings. The number of rotatable bonds is 3. The first-order valence-electron chi connectivity index (χ1n) is 6.90. The van der Waals surface area contributed by atoms with Crippen molar-refractivity contribution >= 4 is 29.0 Å². The van der Waals surface area contributed by atoms with Crippen LogP contribution >= 0.6 is 11.6 Å². The van der Waals surface area contributed by atoms with Crippen molar-refractivity contribution in [1.82, 2.24) is 15.0 Å². The lowest BCUT2D eigenvalue weighted by atomic mass is 10.2. The third-order valence-corrected chi connectivity index (χ3v) is 3.62. The fourth-order valence-corrected chi connectivity index (χ4v) is 2.33. The number of anilines is 2. The smallest absolute Gasteiger partial charge is 0.280 e. The Morgan fingerprint density at radius 3 is 2.74 bits per heavy atom. The monoisotopic (exact) mass is 327 g/mol. The number of aryl methyl sites for hydroxylation is 1. The van der Waals surface area contributed by atoms with Crippen LogP contribution in [0.2, 0.25) is 5.02 Å². The molecule has 3 N–H and O–H groups in total. The first-order chi connectivity index (χ1) is 11.1. The van der Waals surface area contributed by atoms with Crippen LogP contribution in [0, 0.1) is 6.92 Å². The Hall–Kier alpha value is -2.86. The van der Waals surface area contributed by atoms with Crippen molar-refractivity contribution in [1.29, 1.82) is 0 Å². The minimum absolute atomic E-state index is 0.0476. The van der Waals surface area contributed by atoms with Gasteiger partial charge in [-0.1, -0.05) is 41.1 Å². The van der Waals surface area contributed by atoms with E-state index in [-0.39, 0.29) is 11.5 Å². The average Bonchev–Trinajstić information content (AvgIpc) is 2.91. The topological polar surface area (TPSA) is 85.8 Å². The maximum atomic E-state index is 12.3. The molecule has 0 aliphatic heterocycles. The summed E-state index contributed by atoms with van der Waals surface area (Å²) in [5.41, 5.74) is 8.36. The molecule has 0 bridgehead atoms. The largest absolute Gasteiger partial charge is 0.382 e. The summed E-state index contributed by atoms with van der Waals surface area (Å²) in [6.07, 6.45) is 0. The van der Waals surface area contributed by atoms with Gasteiger partial charge in [-0.3, -0.25) is 4.79 Å².